The Morgan fingerprint density at radius 2 is 1.68 bits per heavy atom. The van der Waals surface area contributed by atoms with Gasteiger partial charge in [-0.25, -0.2) is 4.79 Å². The zero-order valence-corrected chi connectivity index (χ0v) is 9.91. The molecule has 0 aromatic heterocycles. The van der Waals surface area contributed by atoms with Crippen LogP contribution in [0.5, 0.6) is 0 Å². The Kier molecular flexibility index (Phi) is 7.91. The molecule has 0 spiro atoms. The molecule has 0 atom stereocenters. The van der Waals surface area contributed by atoms with E-state index < -0.39 is 23.9 Å². The standard InChI is InChI=1S/C8H10O4.C2HF3O2/c1-5(2)8(11)6(12-3)4-7(9)10;3-2(4,5)1(6)7/h4H,1H2,2-3H3,(H,9,10);(H,6,7)/p-1/b6-4+;. The van der Waals surface area contributed by atoms with Crippen LogP contribution in [0.1, 0.15) is 6.92 Å². The highest BCUT2D eigenvalue weighted by atomic mass is 19.4. The average molecular weight is 283 g/mol. The number of halogens is 3. The number of ether oxygens (including phenoxy) is 1. The molecule has 0 aromatic rings. The first-order valence-electron chi connectivity index (χ1n) is 4.40. The molecule has 19 heavy (non-hydrogen) atoms. The third-order valence-corrected chi connectivity index (χ3v) is 1.32. The number of carboxylic acid groups (broad SMARTS) is 2. The Morgan fingerprint density at radius 3 is 1.84 bits per heavy atom. The van der Waals surface area contributed by atoms with Gasteiger partial charge in [0.2, 0.25) is 5.78 Å². The summed E-state index contributed by atoms with van der Waals surface area (Å²) >= 11 is 0. The summed E-state index contributed by atoms with van der Waals surface area (Å²) in [4.78, 5) is 30.0. The molecule has 0 radical (unpaired) electrons. The quantitative estimate of drug-likeness (QED) is 0.577. The molecule has 0 aliphatic rings. The average Bonchev–Trinajstić information content (AvgIpc) is 2.23. The van der Waals surface area contributed by atoms with Crippen molar-refractivity contribution in [3.05, 3.63) is 24.0 Å². The summed E-state index contributed by atoms with van der Waals surface area (Å²) < 4.78 is 36.1. The van der Waals surface area contributed by atoms with E-state index in [2.05, 4.69) is 11.3 Å². The Balaban J connectivity index is 0. The summed E-state index contributed by atoms with van der Waals surface area (Å²) in [6.07, 6.45) is -4.49. The molecule has 6 nitrogen and oxygen atoms in total. The van der Waals surface area contributed by atoms with Gasteiger partial charge in [0.15, 0.2) is 5.76 Å². The number of Topliss-reactive ketones (excluding diaryl/α,β-unsaturated/α-hetero) is 1. The topological polar surface area (TPSA) is 104 Å². The number of carbonyl (C=O) groups is 3. The van der Waals surface area contributed by atoms with Crippen molar-refractivity contribution in [1.82, 2.24) is 0 Å². The van der Waals surface area contributed by atoms with Crippen molar-refractivity contribution in [2.75, 3.05) is 7.11 Å². The number of rotatable bonds is 4. The Bertz CT molecular complexity index is 408. The minimum Gasteiger partial charge on any atom is -0.542 e. The number of ketones is 1. The van der Waals surface area contributed by atoms with E-state index in [0.717, 1.165) is 0 Å². The second-order valence-corrected chi connectivity index (χ2v) is 2.95. The summed E-state index contributed by atoms with van der Waals surface area (Å²) in [6, 6.07) is 0. The fourth-order valence-corrected chi connectivity index (χ4v) is 0.540. The largest absolute Gasteiger partial charge is 0.542 e. The third kappa shape index (κ3) is 9.39. The molecular weight excluding hydrogens is 273 g/mol. The van der Waals surface area contributed by atoms with E-state index in [9.17, 15) is 22.8 Å². The van der Waals surface area contributed by atoms with Gasteiger partial charge < -0.3 is 19.7 Å². The number of allylic oxidation sites excluding steroid dienone is 1. The summed E-state index contributed by atoms with van der Waals surface area (Å²) in [5, 5.41) is 17.1. The molecule has 0 aromatic carbocycles. The first-order chi connectivity index (χ1) is 8.43. The number of carbonyl (C=O) groups excluding carboxylic acids is 2. The normalized spacial score (nSPS) is 10.9. The van der Waals surface area contributed by atoms with Crippen molar-refractivity contribution in [1.29, 1.82) is 0 Å². The molecule has 0 amide bonds. The molecule has 0 fully saturated rings. The van der Waals surface area contributed by atoms with Gasteiger partial charge in [-0.3, -0.25) is 4.79 Å². The first-order valence-corrected chi connectivity index (χ1v) is 4.40. The Hall–Kier alpha value is -2.32. The minimum absolute atomic E-state index is 0.213. The second kappa shape index (κ2) is 7.90. The van der Waals surface area contributed by atoms with Crippen LogP contribution in [0, 0.1) is 0 Å². The van der Waals surface area contributed by atoms with Crippen LogP contribution in [0.15, 0.2) is 24.0 Å². The molecule has 0 heterocycles. The van der Waals surface area contributed by atoms with E-state index in [0.29, 0.717) is 6.08 Å². The van der Waals surface area contributed by atoms with Crippen LogP contribution in [0.2, 0.25) is 0 Å². The SMILES string of the molecule is C=C(C)C(=O)/C(=C\C(=O)O)OC.O=C([O-])C(F)(F)F. The van der Waals surface area contributed by atoms with Crippen LogP contribution in [0.3, 0.4) is 0 Å². The lowest BCUT2D eigenvalue weighted by atomic mass is 10.2. The van der Waals surface area contributed by atoms with Crippen LogP contribution < -0.4 is 5.11 Å². The second-order valence-electron chi connectivity index (χ2n) is 2.95. The number of hydrogen-bond donors (Lipinski definition) is 1. The maximum Gasteiger partial charge on any atom is 0.430 e. The molecule has 0 rings (SSSR count). The zero-order valence-electron chi connectivity index (χ0n) is 9.91. The Labute approximate surface area is 105 Å². The van der Waals surface area contributed by atoms with E-state index in [-0.39, 0.29) is 11.3 Å². The molecule has 0 saturated carbocycles. The van der Waals surface area contributed by atoms with Gasteiger partial charge in [0, 0.05) is 0 Å². The number of aliphatic carboxylic acids is 2. The summed E-state index contributed by atoms with van der Waals surface area (Å²) in [5.74, 6) is -4.94. The number of alkyl halides is 3. The molecule has 0 unspecified atom stereocenters. The highest BCUT2D eigenvalue weighted by molar-refractivity contribution is 6.08. The lowest BCUT2D eigenvalue weighted by Crippen LogP contribution is -2.37. The van der Waals surface area contributed by atoms with Crippen LogP contribution in [0.4, 0.5) is 13.2 Å². The lowest BCUT2D eigenvalue weighted by molar-refractivity contribution is -0.344. The number of carboxylic acids is 2. The van der Waals surface area contributed by atoms with E-state index in [4.69, 9.17) is 15.0 Å². The van der Waals surface area contributed by atoms with Gasteiger partial charge >= 0.3 is 12.1 Å². The first kappa shape index (κ1) is 19.0. The third-order valence-electron chi connectivity index (χ3n) is 1.32. The van der Waals surface area contributed by atoms with Gasteiger partial charge in [0.25, 0.3) is 0 Å². The maximum atomic E-state index is 11.1. The minimum atomic E-state index is -5.19. The summed E-state index contributed by atoms with van der Waals surface area (Å²) in [6.45, 7) is 4.85. The van der Waals surface area contributed by atoms with Crippen molar-refractivity contribution >= 4 is 17.7 Å². The van der Waals surface area contributed by atoms with Gasteiger partial charge in [-0.2, -0.15) is 13.2 Å². The predicted molar refractivity (Wildman–Crippen MR) is 53.6 cm³/mol. The molecular formula is C10H10F3O6-. The van der Waals surface area contributed by atoms with Gasteiger partial charge in [0.1, 0.15) is 5.97 Å². The van der Waals surface area contributed by atoms with Crippen molar-refractivity contribution in [2.45, 2.75) is 13.1 Å². The lowest BCUT2D eigenvalue weighted by Gasteiger charge is -2.03. The van der Waals surface area contributed by atoms with E-state index in [1.807, 2.05) is 0 Å². The predicted octanol–water partition coefficient (Wildman–Crippen LogP) is 0.0451. The van der Waals surface area contributed by atoms with Crippen LogP contribution in [0.25, 0.3) is 0 Å². The summed E-state index contributed by atoms with van der Waals surface area (Å²) in [7, 11) is 1.23. The van der Waals surface area contributed by atoms with Gasteiger partial charge in [0.05, 0.1) is 13.2 Å². The van der Waals surface area contributed by atoms with Crippen LogP contribution in [-0.4, -0.2) is 36.1 Å². The van der Waals surface area contributed by atoms with Crippen molar-refractivity contribution in [3.8, 4) is 0 Å². The number of methoxy groups -OCH3 is 1. The highest BCUT2D eigenvalue weighted by Gasteiger charge is 2.28. The molecule has 0 aliphatic carbocycles. The van der Waals surface area contributed by atoms with Gasteiger partial charge in [-0.05, 0) is 12.5 Å². The van der Waals surface area contributed by atoms with E-state index >= 15 is 0 Å². The smallest absolute Gasteiger partial charge is 0.430 e. The highest BCUT2D eigenvalue weighted by Crippen LogP contribution is 2.11. The fourth-order valence-electron chi connectivity index (χ4n) is 0.540. The molecule has 9 heteroatoms. The van der Waals surface area contributed by atoms with Gasteiger partial charge in [-0.15, -0.1) is 0 Å². The van der Waals surface area contributed by atoms with Crippen LogP contribution in [-0.2, 0) is 19.1 Å². The number of hydrogen-bond acceptors (Lipinski definition) is 5. The van der Waals surface area contributed by atoms with E-state index in [1.165, 1.54) is 14.0 Å². The van der Waals surface area contributed by atoms with Crippen molar-refractivity contribution < 1.29 is 42.5 Å². The molecule has 0 saturated heterocycles. The maximum absolute atomic E-state index is 11.1. The monoisotopic (exact) mass is 283 g/mol. The van der Waals surface area contributed by atoms with E-state index in [1.54, 1.807) is 0 Å². The summed E-state index contributed by atoms with van der Waals surface area (Å²) in [5.41, 5.74) is 0.240. The van der Waals surface area contributed by atoms with Gasteiger partial charge in [-0.1, -0.05) is 6.58 Å². The molecule has 0 aliphatic heterocycles. The molecule has 108 valence electrons. The van der Waals surface area contributed by atoms with Crippen molar-refractivity contribution in [2.24, 2.45) is 0 Å². The molecule has 1 N–H and O–H groups in total. The van der Waals surface area contributed by atoms with Crippen LogP contribution >= 0.6 is 0 Å². The zero-order chi connectivity index (χ0) is 15.8. The molecule has 0 bridgehead atoms. The fraction of sp³-hybridized carbons (Fsp3) is 0.300. The Morgan fingerprint density at radius 1 is 1.32 bits per heavy atom. The van der Waals surface area contributed by atoms with Crippen molar-refractivity contribution in [3.63, 3.8) is 0 Å².